The molecule has 3 aliphatic rings. The smallest absolute Gasteiger partial charge is 0.191 e. The van der Waals surface area contributed by atoms with Crippen LogP contribution in [-0.4, -0.2) is 64.0 Å². The molecule has 7 nitrogen and oxygen atoms in total. The minimum Gasteiger partial charge on any atom is -0.356 e. The first kappa shape index (κ1) is 18.7. The first-order valence-corrected chi connectivity index (χ1v) is 10.9. The Morgan fingerprint density at radius 2 is 2.08 bits per heavy atom. The summed E-state index contributed by atoms with van der Waals surface area (Å²) in [5.74, 6) is 1.01. The molecule has 0 radical (unpaired) electrons. The molecule has 1 saturated carbocycles. The Morgan fingerprint density at radius 1 is 1.32 bits per heavy atom. The lowest BCUT2D eigenvalue weighted by atomic mass is 10.1. The van der Waals surface area contributed by atoms with E-state index >= 15 is 0 Å². The molecule has 25 heavy (non-hydrogen) atoms. The topological polar surface area (TPSA) is 89.0 Å². The predicted molar refractivity (Wildman–Crippen MR) is 97.3 cm³/mol. The third-order valence-electron chi connectivity index (χ3n) is 4.98. The SMILES string of the molecule is C=C(C)CN=C(NCC1CCS(=O)(=O)C1)NC1CCC2(C1)OCCO2. The van der Waals surface area contributed by atoms with E-state index in [9.17, 15) is 8.42 Å². The van der Waals surface area contributed by atoms with Crippen LogP contribution in [0.5, 0.6) is 0 Å². The Morgan fingerprint density at radius 3 is 2.72 bits per heavy atom. The fourth-order valence-electron chi connectivity index (χ4n) is 3.69. The molecule has 3 fully saturated rings. The van der Waals surface area contributed by atoms with Crippen molar-refractivity contribution in [1.29, 1.82) is 0 Å². The van der Waals surface area contributed by atoms with Crippen molar-refractivity contribution in [3.8, 4) is 0 Å². The minimum atomic E-state index is -2.85. The molecule has 2 aliphatic heterocycles. The van der Waals surface area contributed by atoms with Crippen LogP contribution in [0.15, 0.2) is 17.1 Å². The Bertz CT molecular complexity index is 626. The molecule has 1 spiro atoms. The van der Waals surface area contributed by atoms with Gasteiger partial charge in [-0.25, -0.2) is 13.4 Å². The molecule has 1 aliphatic carbocycles. The summed E-state index contributed by atoms with van der Waals surface area (Å²) in [6.45, 7) is 8.32. The summed E-state index contributed by atoms with van der Waals surface area (Å²) < 4.78 is 34.8. The van der Waals surface area contributed by atoms with Crippen molar-refractivity contribution in [2.75, 3.05) is 37.8 Å². The van der Waals surface area contributed by atoms with Crippen LogP contribution in [0.1, 0.15) is 32.6 Å². The maximum Gasteiger partial charge on any atom is 0.191 e. The predicted octanol–water partition coefficient (Wildman–Crippen LogP) is 0.828. The summed E-state index contributed by atoms with van der Waals surface area (Å²) in [4.78, 5) is 4.56. The summed E-state index contributed by atoms with van der Waals surface area (Å²) in [5.41, 5.74) is 0.981. The lowest BCUT2D eigenvalue weighted by Crippen LogP contribution is -2.45. The van der Waals surface area contributed by atoms with Crippen molar-refractivity contribution >= 4 is 15.8 Å². The second kappa shape index (κ2) is 7.63. The van der Waals surface area contributed by atoms with Crippen LogP contribution < -0.4 is 10.6 Å². The molecule has 0 aromatic heterocycles. The molecule has 2 N–H and O–H groups in total. The number of hydrogen-bond donors (Lipinski definition) is 2. The zero-order chi connectivity index (χ0) is 17.9. The van der Waals surface area contributed by atoms with E-state index in [1.165, 1.54) is 0 Å². The quantitative estimate of drug-likeness (QED) is 0.423. The normalized spacial score (nSPS) is 30.7. The first-order valence-electron chi connectivity index (χ1n) is 9.03. The van der Waals surface area contributed by atoms with Gasteiger partial charge in [-0.2, -0.15) is 0 Å². The second-order valence-corrected chi connectivity index (χ2v) is 9.69. The van der Waals surface area contributed by atoms with Gasteiger partial charge in [-0.05, 0) is 25.7 Å². The van der Waals surface area contributed by atoms with E-state index in [2.05, 4.69) is 22.2 Å². The number of sulfone groups is 1. The van der Waals surface area contributed by atoms with Crippen molar-refractivity contribution in [2.45, 2.75) is 44.4 Å². The Kier molecular flexibility index (Phi) is 5.70. The van der Waals surface area contributed by atoms with Gasteiger partial charge < -0.3 is 20.1 Å². The van der Waals surface area contributed by atoms with Crippen LogP contribution in [0.4, 0.5) is 0 Å². The summed E-state index contributed by atoms with van der Waals surface area (Å²) in [6, 6.07) is 0.238. The van der Waals surface area contributed by atoms with Gasteiger partial charge >= 0.3 is 0 Å². The van der Waals surface area contributed by atoms with Gasteiger partial charge in [0.05, 0.1) is 31.3 Å². The number of rotatable bonds is 5. The molecule has 142 valence electrons. The van der Waals surface area contributed by atoms with Crippen LogP contribution in [0.3, 0.4) is 0 Å². The average molecular weight is 372 g/mol. The standard InChI is InChI=1S/C17H29N3O4S/c1-13(2)10-18-16(19-11-14-4-8-25(21,22)12-14)20-15-3-5-17(9-15)23-6-7-24-17/h14-15H,1,3-12H2,2H3,(H2,18,19,20). The van der Waals surface area contributed by atoms with E-state index in [-0.39, 0.29) is 17.7 Å². The zero-order valence-electron chi connectivity index (χ0n) is 14.9. The average Bonchev–Trinajstić information content (AvgIpc) is 3.24. The maximum absolute atomic E-state index is 11.6. The zero-order valence-corrected chi connectivity index (χ0v) is 15.7. The lowest BCUT2D eigenvalue weighted by Gasteiger charge is -2.23. The molecule has 2 saturated heterocycles. The van der Waals surface area contributed by atoms with Gasteiger partial charge in [-0.3, -0.25) is 0 Å². The van der Waals surface area contributed by atoms with Gasteiger partial charge in [0.15, 0.2) is 21.6 Å². The third kappa shape index (κ3) is 5.18. The van der Waals surface area contributed by atoms with Crippen molar-refractivity contribution in [3.05, 3.63) is 12.2 Å². The third-order valence-corrected chi connectivity index (χ3v) is 6.81. The Balaban J connectivity index is 1.54. The monoisotopic (exact) mass is 371 g/mol. The van der Waals surface area contributed by atoms with Crippen LogP contribution in [0, 0.1) is 5.92 Å². The molecule has 0 aromatic rings. The van der Waals surface area contributed by atoms with E-state index in [0.717, 1.165) is 31.3 Å². The van der Waals surface area contributed by atoms with Crippen molar-refractivity contribution in [1.82, 2.24) is 10.6 Å². The van der Waals surface area contributed by atoms with Gasteiger partial charge in [0.1, 0.15) is 0 Å². The number of guanidine groups is 1. The molecule has 2 unspecified atom stereocenters. The van der Waals surface area contributed by atoms with Gasteiger partial charge in [-0.15, -0.1) is 0 Å². The molecule has 0 bridgehead atoms. The summed E-state index contributed by atoms with van der Waals surface area (Å²) in [7, 11) is -2.85. The van der Waals surface area contributed by atoms with Crippen molar-refractivity contribution in [2.24, 2.45) is 10.9 Å². The number of hydrogen-bond acceptors (Lipinski definition) is 5. The van der Waals surface area contributed by atoms with Gasteiger partial charge in [-0.1, -0.05) is 12.2 Å². The first-order chi connectivity index (χ1) is 11.9. The van der Waals surface area contributed by atoms with E-state index in [0.29, 0.717) is 38.0 Å². The van der Waals surface area contributed by atoms with Crippen LogP contribution in [0.25, 0.3) is 0 Å². The highest BCUT2D eigenvalue weighted by molar-refractivity contribution is 7.91. The molecule has 3 rings (SSSR count). The largest absolute Gasteiger partial charge is 0.356 e. The highest BCUT2D eigenvalue weighted by Crippen LogP contribution is 2.37. The fourth-order valence-corrected chi connectivity index (χ4v) is 5.55. The Hall–Kier alpha value is -1.12. The summed E-state index contributed by atoms with van der Waals surface area (Å²) in [5, 5.41) is 6.77. The lowest BCUT2D eigenvalue weighted by molar-refractivity contribution is -0.151. The Labute approximate surface area is 150 Å². The molecular formula is C17H29N3O4S. The summed E-state index contributed by atoms with van der Waals surface area (Å²) in [6.07, 6.45) is 3.38. The highest BCUT2D eigenvalue weighted by atomic mass is 32.2. The van der Waals surface area contributed by atoms with Crippen LogP contribution in [0.2, 0.25) is 0 Å². The highest BCUT2D eigenvalue weighted by Gasteiger charge is 2.44. The molecule has 8 heteroatoms. The molecular weight excluding hydrogens is 342 g/mol. The number of aliphatic imine (C=N–C) groups is 1. The van der Waals surface area contributed by atoms with Gasteiger partial charge in [0, 0.05) is 25.4 Å². The van der Waals surface area contributed by atoms with Gasteiger partial charge in [0.2, 0.25) is 0 Å². The van der Waals surface area contributed by atoms with E-state index < -0.39 is 15.6 Å². The molecule has 0 aromatic carbocycles. The van der Waals surface area contributed by atoms with Gasteiger partial charge in [0.25, 0.3) is 0 Å². The number of ether oxygens (including phenoxy) is 2. The van der Waals surface area contributed by atoms with E-state index in [1.54, 1.807) is 0 Å². The second-order valence-electron chi connectivity index (χ2n) is 7.46. The summed E-state index contributed by atoms with van der Waals surface area (Å²) >= 11 is 0. The van der Waals surface area contributed by atoms with Crippen LogP contribution in [-0.2, 0) is 19.3 Å². The fraction of sp³-hybridized carbons (Fsp3) is 0.824. The number of nitrogens with zero attached hydrogens (tertiary/aromatic N) is 1. The maximum atomic E-state index is 11.6. The molecule has 0 amide bonds. The van der Waals surface area contributed by atoms with Crippen molar-refractivity contribution in [3.63, 3.8) is 0 Å². The van der Waals surface area contributed by atoms with E-state index in [1.807, 2.05) is 6.92 Å². The van der Waals surface area contributed by atoms with Crippen LogP contribution >= 0.6 is 0 Å². The van der Waals surface area contributed by atoms with E-state index in [4.69, 9.17) is 9.47 Å². The number of nitrogens with one attached hydrogen (secondary N) is 2. The molecule has 2 atom stereocenters. The van der Waals surface area contributed by atoms with Crippen molar-refractivity contribution < 1.29 is 17.9 Å². The molecule has 2 heterocycles. The minimum absolute atomic E-state index is 0.151.